The molecule has 2 heteroatoms. The minimum atomic E-state index is 1.03. The smallest absolute Gasteiger partial charge is 0.0462 e. The highest BCUT2D eigenvalue weighted by atomic mass is 15.1. The Balaban J connectivity index is 1.02. The summed E-state index contributed by atoms with van der Waals surface area (Å²) in [7, 11) is 0. The summed E-state index contributed by atoms with van der Waals surface area (Å²) >= 11 is 0. The Labute approximate surface area is 321 Å². The van der Waals surface area contributed by atoms with Gasteiger partial charge in [0.1, 0.15) is 0 Å². The lowest BCUT2D eigenvalue weighted by Gasteiger charge is -2.26. The van der Waals surface area contributed by atoms with E-state index in [1.165, 1.54) is 16.7 Å². The Morgan fingerprint density at radius 1 is 0.352 bits per heavy atom. The molecule has 0 fully saturated rings. The van der Waals surface area contributed by atoms with Gasteiger partial charge < -0.3 is 9.80 Å². The van der Waals surface area contributed by atoms with Gasteiger partial charge in [0.05, 0.1) is 0 Å². The molecule has 264 valence electrons. The van der Waals surface area contributed by atoms with Crippen molar-refractivity contribution in [2.45, 2.75) is 27.2 Å². The highest BCUT2D eigenvalue weighted by Gasteiger charge is 2.14. The number of nitrogens with zero attached hydrogens (tertiary/aromatic N) is 2. The Kier molecular flexibility index (Phi) is 11.1. The molecule has 0 atom stereocenters. The highest BCUT2D eigenvalue weighted by Crippen LogP contribution is 2.36. The number of rotatable bonds is 12. The number of hydrogen-bond donors (Lipinski definition) is 0. The van der Waals surface area contributed by atoms with Gasteiger partial charge in [0.15, 0.2) is 0 Å². The van der Waals surface area contributed by atoms with Gasteiger partial charge in [-0.05, 0) is 126 Å². The second-order valence-corrected chi connectivity index (χ2v) is 13.7. The molecule has 0 heterocycles. The molecule has 0 aromatic heterocycles. The van der Waals surface area contributed by atoms with Crippen molar-refractivity contribution in [2.24, 2.45) is 0 Å². The van der Waals surface area contributed by atoms with E-state index in [4.69, 9.17) is 0 Å². The Hall–Kier alpha value is -6.64. The average molecular weight is 699 g/mol. The Bertz CT molecular complexity index is 2330. The molecule has 0 radical (unpaired) electrons. The van der Waals surface area contributed by atoms with Crippen LogP contribution in [0.4, 0.5) is 34.1 Å². The van der Waals surface area contributed by atoms with Crippen LogP contribution in [-0.4, -0.2) is 0 Å². The lowest BCUT2D eigenvalue weighted by atomic mass is 10.1. The van der Waals surface area contributed by atoms with Crippen LogP contribution in [0.25, 0.3) is 30.4 Å². The minimum Gasteiger partial charge on any atom is -0.311 e. The SMILES string of the molecule is C=Cc1ccc(N(c2ccc(C)cc2)c2ccc(C=Cc3ccc(C=Cc4ccc(N(c5ccc(C)cc5)c5ccc(CC)cc5)cc4)cc3)cc2)cc1. The van der Waals surface area contributed by atoms with Crippen LogP contribution < -0.4 is 9.80 Å². The van der Waals surface area contributed by atoms with Gasteiger partial charge in [0, 0.05) is 34.1 Å². The van der Waals surface area contributed by atoms with E-state index < -0.39 is 0 Å². The van der Waals surface area contributed by atoms with E-state index in [2.05, 4.69) is 231 Å². The summed E-state index contributed by atoms with van der Waals surface area (Å²) in [5.74, 6) is 0. The molecule has 54 heavy (non-hydrogen) atoms. The first-order valence-corrected chi connectivity index (χ1v) is 18.7. The van der Waals surface area contributed by atoms with Gasteiger partial charge in [-0.15, -0.1) is 0 Å². The summed E-state index contributed by atoms with van der Waals surface area (Å²) in [6.45, 7) is 10.3. The van der Waals surface area contributed by atoms with Gasteiger partial charge in [0.2, 0.25) is 0 Å². The molecule has 0 aliphatic heterocycles. The van der Waals surface area contributed by atoms with Gasteiger partial charge in [-0.25, -0.2) is 0 Å². The van der Waals surface area contributed by atoms with Crippen LogP contribution in [0.15, 0.2) is 176 Å². The zero-order valence-corrected chi connectivity index (χ0v) is 31.4. The molecular formula is C52H46N2. The lowest BCUT2D eigenvalue weighted by Crippen LogP contribution is -2.09. The second kappa shape index (κ2) is 16.8. The quantitative estimate of drug-likeness (QED) is 0.117. The third kappa shape index (κ3) is 8.69. The van der Waals surface area contributed by atoms with Gasteiger partial charge in [-0.1, -0.05) is 152 Å². The monoisotopic (exact) mass is 698 g/mol. The fraction of sp³-hybridized carbons (Fsp3) is 0.0769. The van der Waals surface area contributed by atoms with Gasteiger partial charge in [0.25, 0.3) is 0 Å². The number of benzene rings is 7. The Morgan fingerprint density at radius 3 is 0.870 bits per heavy atom. The van der Waals surface area contributed by atoms with Crippen LogP contribution in [0.2, 0.25) is 0 Å². The van der Waals surface area contributed by atoms with Gasteiger partial charge >= 0.3 is 0 Å². The molecule has 2 nitrogen and oxygen atoms in total. The molecule has 0 saturated heterocycles. The van der Waals surface area contributed by atoms with Crippen LogP contribution in [0.5, 0.6) is 0 Å². The molecule has 7 rings (SSSR count). The first-order valence-electron chi connectivity index (χ1n) is 18.7. The van der Waals surface area contributed by atoms with E-state index in [0.717, 1.165) is 68.4 Å². The zero-order chi connectivity index (χ0) is 37.3. The van der Waals surface area contributed by atoms with Crippen molar-refractivity contribution in [3.05, 3.63) is 221 Å². The van der Waals surface area contributed by atoms with Crippen molar-refractivity contribution in [1.29, 1.82) is 0 Å². The molecule has 0 spiro atoms. The summed E-state index contributed by atoms with van der Waals surface area (Å²) in [6.07, 6.45) is 11.6. The van der Waals surface area contributed by atoms with Crippen LogP contribution in [-0.2, 0) is 6.42 Å². The minimum absolute atomic E-state index is 1.03. The van der Waals surface area contributed by atoms with Crippen LogP contribution in [0, 0.1) is 13.8 Å². The number of anilines is 6. The lowest BCUT2D eigenvalue weighted by molar-refractivity contribution is 1.14. The maximum atomic E-state index is 3.91. The molecule has 0 bridgehead atoms. The maximum Gasteiger partial charge on any atom is 0.0462 e. The van der Waals surface area contributed by atoms with Gasteiger partial charge in [-0.3, -0.25) is 0 Å². The highest BCUT2D eigenvalue weighted by molar-refractivity contribution is 5.80. The predicted molar refractivity (Wildman–Crippen MR) is 235 cm³/mol. The van der Waals surface area contributed by atoms with E-state index in [1.54, 1.807) is 0 Å². The fourth-order valence-corrected chi connectivity index (χ4v) is 6.49. The van der Waals surface area contributed by atoms with Crippen molar-refractivity contribution in [2.75, 3.05) is 9.80 Å². The van der Waals surface area contributed by atoms with E-state index in [-0.39, 0.29) is 0 Å². The first kappa shape index (κ1) is 35.7. The summed E-state index contributed by atoms with van der Waals surface area (Å²) < 4.78 is 0. The van der Waals surface area contributed by atoms with Crippen molar-refractivity contribution >= 4 is 64.5 Å². The predicted octanol–water partition coefficient (Wildman–Crippen LogP) is 14.8. The molecule has 0 aliphatic carbocycles. The maximum absolute atomic E-state index is 3.91. The third-order valence-electron chi connectivity index (χ3n) is 9.75. The zero-order valence-electron chi connectivity index (χ0n) is 31.4. The Morgan fingerprint density at radius 2 is 0.593 bits per heavy atom. The second-order valence-electron chi connectivity index (χ2n) is 13.7. The number of hydrogen-bond acceptors (Lipinski definition) is 2. The van der Waals surface area contributed by atoms with E-state index in [0.29, 0.717) is 0 Å². The summed E-state index contributed by atoms with van der Waals surface area (Å²) in [5.41, 5.74) is 16.3. The first-order chi connectivity index (χ1) is 26.4. The normalized spacial score (nSPS) is 11.2. The molecule has 0 amide bonds. The van der Waals surface area contributed by atoms with Crippen molar-refractivity contribution in [1.82, 2.24) is 0 Å². The topological polar surface area (TPSA) is 6.48 Å². The molecular weight excluding hydrogens is 653 g/mol. The molecule has 0 unspecified atom stereocenters. The summed E-state index contributed by atoms with van der Waals surface area (Å²) in [4.78, 5) is 4.60. The molecule has 0 saturated carbocycles. The fourth-order valence-electron chi connectivity index (χ4n) is 6.49. The van der Waals surface area contributed by atoms with Crippen LogP contribution >= 0.6 is 0 Å². The third-order valence-corrected chi connectivity index (χ3v) is 9.75. The van der Waals surface area contributed by atoms with Gasteiger partial charge in [-0.2, -0.15) is 0 Å². The van der Waals surface area contributed by atoms with E-state index >= 15 is 0 Å². The van der Waals surface area contributed by atoms with E-state index in [9.17, 15) is 0 Å². The molecule has 0 aliphatic rings. The average Bonchev–Trinajstić information content (AvgIpc) is 3.23. The molecule has 0 N–H and O–H groups in total. The van der Waals surface area contributed by atoms with Crippen molar-refractivity contribution in [3.63, 3.8) is 0 Å². The standard InChI is InChI=1S/C52H46N2/c1-5-41-19-31-49(32-20-41)53(47-27-7-39(3)8-28-47)51-35-23-45(24-36-51)17-15-43-11-13-44(14-12-43)16-18-46-25-37-52(38-26-46)54(48-29-9-40(4)10-30-48)50-33-21-42(6-2)22-34-50/h5,7-38H,1,6H2,2-4H3. The molecule has 7 aromatic rings. The summed E-state index contributed by atoms with van der Waals surface area (Å²) in [5, 5.41) is 0. The van der Waals surface area contributed by atoms with Crippen LogP contribution in [0.1, 0.15) is 51.4 Å². The van der Waals surface area contributed by atoms with Crippen molar-refractivity contribution in [3.8, 4) is 0 Å². The molecule has 7 aromatic carbocycles. The number of aryl methyl sites for hydroxylation is 3. The largest absolute Gasteiger partial charge is 0.311 e. The van der Waals surface area contributed by atoms with Crippen LogP contribution in [0.3, 0.4) is 0 Å². The van der Waals surface area contributed by atoms with Crippen molar-refractivity contribution < 1.29 is 0 Å². The van der Waals surface area contributed by atoms with E-state index in [1.807, 2.05) is 6.08 Å². The summed E-state index contributed by atoms with van der Waals surface area (Å²) in [6, 6.07) is 61.0.